The summed E-state index contributed by atoms with van der Waals surface area (Å²) >= 11 is 0. The van der Waals surface area contributed by atoms with Gasteiger partial charge in [-0.25, -0.2) is 4.79 Å². The molecule has 0 bridgehead atoms. The van der Waals surface area contributed by atoms with Crippen LogP contribution in [0.2, 0.25) is 0 Å². The molecule has 0 atom stereocenters. The number of nitrogens with zero attached hydrogens (tertiary/aromatic N) is 1. The number of carbonyl (C=O) groups is 1. The second kappa shape index (κ2) is 8.56. The van der Waals surface area contributed by atoms with Crippen LogP contribution in [0.4, 0.5) is 10.5 Å². The Morgan fingerprint density at radius 2 is 1.69 bits per heavy atom. The highest BCUT2D eigenvalue weighted by Gasteiger charge is 2.51. The Bertz CT molecular complexity index is 693. The Hall–Kier alpha value is -1.73. The van der Waals surface area contributed by atoms with Gasteiger partial charge in [-0.15, -0.1) is 0 Å². The molecule has 0 radical (unpaired) electrons. The maximum absolute atomic E-state index is 11.9. The SMILES string of the molecule is CC.CC(C)(C)OC(=O)NC1CN(c2cccc(B3OC(C)(C)C(C)(C)O3)c2)C1. The summed E-state index contributed by atoms with van der Waals surface area (Å²) in [7, 11) is -0.369. The predicted molar refractivity (Wildman–Crippen MR) is 119 cm³/mol. The lowest BCUT2D eigenvalue weighted by molar-refractivity contribution is 0.00578. The number of nitrogens with one attached hydrogen (secondary N) is 1. The molecular formula is C22H37BN2O4. The van der Waals surface area contributed by atoms with E-state index < -0.39 is 5.60 Å². The van der Waals surface area contributed by atoms with E-state index in [9.17, 15) is 4.79 Å². The minimum absolute atomic E-state index is 0.0975. The first kappa shape index (κ1) is 23.6. The average Bonchev–Trinajstić information content (AvgIpc) is 2.79. The van der Waals surface area contributed by atoms with Crippen LogP contribution in [0.25, 0.3) is 0 Å². The fourth-order valence-corrected chi connectivity index (χ4v) is 3.10. The number of carbonyl (C=O) groups excluding carboxylic acids is 1. The van der Waals surface area contributed by atoms with Crippen molar-refractivity contribution in [3.05, 3.63) is 24.3 Å². The average molecular weight is 404 g/mol. The fourth-order valence-electron chi connectivity index (χ4n) is 3.10. The molecule has 0 spiro atoms. The maximum Gasteiger partial charge on any atom is 0.494 e. The van der Waals surface area contributed by atoms with Gasteiger partial charge in [-0.3, -0.25) is 0 Å². The minimum atomic E-state index is -0.481. The molecule has 0 unspecified atom stereocenters. The van der Waals surface area contributed by atoms with Crippen molar-refractivity contribution in [2.45, 2.75) is 85.2 Å². The Balaban J connectivity index is 0.00000145. The smallest absolute Gasteiger partial charge is 0.444 e. The van der Waals surface area contributed by atoms with Gasteiger partial charge in [0.25, 0.3) is 0 Å². The first-order chi connectivity index (χ1) is 13.4. The standard InChI is InChI=1S/C20H31BN2O4.C2H6/c1-18(2,3)25-17(24)22-15-12-23(13-15)16-10-8-9-14(11-16)21-26-19(4,5)20(6,7)27-21;1-2/h8-11,15H,12-13H2,1-7H3,(H,22,24);1-2H3. The topological polar surface area (TPSA) is 60.0 Å². The van der Waals surface area contributed by atoms with E-state index in [1.54, 1.807) is 0 Å². The molecule has 1 amide bonds. The van der Waals surface area contributed by atoms with Gasteiger partial charge in [-0.1, -0.05) is 26.0 Å². The quantitative estimate of drug-likeness (QED) is 0.778. The van der Waals surface area contributed by atoms with Gasteiger partial charge in [0.2, 0.25) is 0 Å². The molecule has 2 saturated heterocycles. The molecule has 0 aromatic heterocycles. The number of benzene rings is 1. The summed E-state index contributed by atoms with van der Waals surface area (Å²) in [5.74, 6) is 0. The van der Waals surface area contributed by atoms with E-state index in [0.717, 1.165) is 24.2 Å². The molecular weight excluding hydrogens is 367 g/mol. The number of ether oxygens (including phenoxy) is 1. The Morgan fingerprint density at radius 1 is 1.14 bits per heavy atom. The lowest BCUT2D eigenvalue weighted by atomic mass is 9.79. The van der Waals surface area contributed by atoms with Gasteiger partial charge in [-0.2, -0.15) is 0 Å². The molecule has 162 valence electrons. The van der Waals surface area contributed by atoms with Gasteiger partial charge >= 0.3 is 13.2 Å². The van der Waals surface area contributed by atoms with Gasteiger partial charge in [0.1, 0.15) is 5.60 Å². The molecule has 29 heavy (non-hydrogen) atoms. The molecule has 0 aliphatic carbocycles. The third kappa shape index (κ3) is 5.67. The monoisotopic (exact) mass is 404 g/mol. The van der Waals surface area contributed by atoms with Crippen molar-refractivity contribution in [2.75, 3.05) is 18.0 Å². The van der Waals surface area contributed by atoms with Crippen LogP contribution in [0, 0.1) is 0 Å². The van der Waals surface area contributed by atoms with Crippen LogP contribution in [0.3, 0.4) is 0 Å². The lowest BCUT2D eigenvalue weighted by Gasteiger charge is -2.41. The number of hydrogen-bond acceptors (Lipinski definition) is 5. The minimum Gasteiger partial charge on any atom is -0.444 e. The van der Waals surface area contributed by atoms with E-state index in [4.69, 9.17) is 14.0 Å². The van der Waals surface area contributed by atoms with Crippen LogP contribution in [0.15, 0.2) is 24.3 Å². The van der Waals surface area contributed by atoms with Crippen LogP contribution in [0.1, 0.15) is 62.3 Å². The van der Waals surface area contributed by atoms with E-state index in [0.29, 0.717) is 0 Å². The van der Waals surface area contributed by atoms with E-state index in [-0.39, 0.29) is 30.5 Å². The summed E-state index contributed by atoms with van der Waals surface area (Å²) in [6, 6.07) is 8.32. The van der Waals surface area contributed by atoms with Gasteiger partial charge in [0, 0.05) is 18.8 Å². The first-order valence-electron chi connectivity index (χ1n) is 10.6. The highest BCUT2D eigenvalue weighted by molar-refractivity contribution is 6.62. The zero-order chi connectivity index (χ0) is 22.0. The van der Waals surface area contributed by atoms with Crippen LogP contribution in [0.5, 0.6) is 0 Å². The van der Waals surface area contributed by atoms with Crippen LogP contribution < -0.4 is 15.7 Å². The summed E-state index contributed by atoms with van der Waals surface area (Å²) < 4.78 is 17.6. The first-order valence-corrected chi connectivity index (χ1v) is 10.6. The van der Waals surface area contributed by atoms with Crippen molar-refractivity contribution >= 4 is 24.4 Å². The van der Waals surface area contributed by atoms with Crippen molar-refractivity contribution in [1.82, 2.24) is 5.32 Å². The second-order valence-electron chi connectivity index (χ2n) is 9.43. The van der Waals surface area contributed by atoms with Crippen LogP contribution in [-0.4, -0.2) is 49.1 Å². The van der Waals surface area contributed by atoms with Gasteiger partial charge in [0.15, 0.2) is 0 Å². The third-order valence-corrected chi connectivity index (χ3v) is 5.36. The highest BCUT2D eigenvalue weighted by Crippen LogP contribution is 2.36. The van der Waals surface area contributed by atoms with Crippen LogP contribution >= 0.6 is 0 Å². The predicted octanol–water partition coefficient (Wildman–Crippen LogP) is 3.73. The Kier molecular flexibility index (Phi) is 6.95. The number of anilines is 1. The molecule has 3 rings (SSSR count). The molecule has 0 saturated carbocycles. The van der Waals surface area contributed by atoms with E-state index >= 15 is 0 Å². The van der Waals surface area contributed by atoms with Gasteiger partial charge in [0.05, 0.1) is 17.2 Å². The number of alkyl carbamates (subject to hydrolysis) is 1. The summed E-state index contributed by atoms with van der Waals surface area (Å²) in [6.45, 7) is 19.3. The van der Waals surface area contributed by atoms with Crippen molar-refractivity contribution < 1.29 is 18.8 Å². The number of rotatable bonds is 3. The lowest BCUT2D eigenvalue weighted by Crippen LogP contribution is -2.60. The largest absolute Gasteiger partial charge is 0.494 e. The molecule has 2 fully saturated rings. The van der Waals surface area contributed by atoms with Crippen molar-refractivity contribution in [2.24, 2.45) is 0 Å². The van der Waals surface area contributed by atoms with Gasteiger partial charge in [-0.05, 0) is 66.1 Å². The number of hydrogen-bond donors (Lipinski definition) is 1. The fraction of sp³-hybridized carbons (Fsp3) is 0.682. The normalized spacial score (nSPS) is 20.4. The zero-order valence-corrected chi connectivity index (χ0v) is 19.5. The zero-order valence-electron chi connectivity index (χ0n) is 19.5. The van der Waals surface area contributed by atoms with Crippen LogP contribution in [-0.2, 0) is 14.0 Å². The summed E-state index contributed by atoms with van der Waals surface area (Å²) in [5.41, 5.74) is 0.920. The Labute approximate surface area is 176 Å². The summed E-state index contributed by atoms with van der Waals surface area (Å²) in [6.07, 6.45) is -0.363. The number of amides is 1. The maximum atomic E-state index is 11.9. The molecule has 7 heteroatoms. The Morgan fingerprint density at radius 3 is 2.21 bits per heavy atom. The molecule has 2 aliphatic rings. The summed E-state index contributed by atoms with van der Waals surface area (Å²) in [4.78, 5) is 14.1. The molecule has 1 aromatic carbocycles. The molecule has 1 N–H and O–H groups in total. The third-order valence-electron chi connectivity index (χ3n) is 5.36. The highest BCUT2D eigenvalue weighted by atomic mass is 16.7. The van der Waals surface area contributed by atoms with Crippen molar-refractivity contribution in [3.63, 3.8) is 0 Å². The van der Waals surface area contributed by atoms with E-state index in [1.807, 2.05) is 46.8 Å². The van der Waals surface area contributed by atoms with E-state index in [2.05, 4.69) is 50.0 Å². The van der Waals surface area contributed by atoms with E-state index in [1.165, 1.54) is 0 Å². The summed E-state index contributed by atoms with van der Waals surface area (Å²) in [5, 5.41) is 2.91. The molecule has 6 nitrogen and oxygen atoms in total. The van der Waals surface area contributed by atoms with Crippen molar-refractivity contribution in [1.29, 1.82) is 0 Å². The second-order valence-corrected chi connectivity index (χ2v) is 9.43. The molecule has 2 heterocycles. The van der Waals surface area contributed by atoms with Gasteiger partial charge < -0.3 is 24.3 Å². The van der Waals surface area contributed by atoms with Crippen molar-refractivity contribution in [3.8, 4) is 0 Å². The molecule has 2 aliphatic heterocycles. The molecule has 1 aromatic rings.